The Hall–Kier alpha value is -3.90. The average Bonchev–Trinajstić information content (AvgIpc) is 3.74. The monoisotopic (exact) mass is 640 g/mol. The van der Waals surface area contributed by atoms with Crippen molar-refractivity contribution in [1.29, 1.82) is 0 Å². The number of Topliss-reactive ketones (excluding diaryl/α,β-unsaturated/α-hetero) is 1. The number of amides is 2. The highest BCUT2D eigenvalue weighted by Gasteiger charge is 2.57. The first kappa shape index (κ1) is 30.7. The quantitative estimate of drug-likeness (QED) is 0.255. The van der Waals surface area contributed by atoms with Crippen molar-refractivity contribution in [2.75, 3.05) is 25.4 Å². The maximum atomic E-state index is 14.3. The van der Waals surface area contributed by atoms with Gasteiger partial charge in [-0.1, -0.05) is 30.3 Å². The molecule has 46 heavy (non-hydrogen) atoms. The highest BCUT2D eigenvalue weighted by Crippen LogP contribution is 2.56. The summed E-state index contributed by atoms with van der Waals surface area (Å²) in [6, 6.07) is 17.2. The van der Waals surface area contributed by atoms with E-state index in [4.69, 9.17) is 21.9 Å². The molecule has 4 unspecified atom stereocenters. The standard InChI is InChI=1S/C35H40N6O4S/c1-19-17-22(45-21-8-3-2-4-9-21)11-12-23(19)35(38)24-13-14-25(36)30-27(24)28(29(37)32(35)42)31(46-30)33(43)40-20-7-6-16-41(18-20)34(44)26-10-5-15-39-26/h2-4,8-9,11-14,17,20,26,28-29,31,39H,5-7,10,15-16,18,36-38H2,1H3,(H,40,43)/t20-,26+,28?,29?,31?,35?/m1/s1. The number of nitrogens with two attached hydrogens (primary N) is 3. The van der Waals surface area contributed by atoms with Crippen molar-refractivity contribution in [1.82, 2.24) is 15.5 Å². The number of rotatable bonds is 6. The maximum absolute atomic E-state index is 14.3. The zero-order valence-corrected chi connectivity index (χ0v) is 26.6. The smallest absolute Gasteiger partial charge is 0.239 e. The largest absolute Gasteiger partial charge is 0.457 e. The van der Waals surface area contributed by atoms with Crippen molar-refractivity contribution in [3.05, 3.63) is 82.9 Å². The van der Waals surface area contributed by atoms with Gasteiger partial charge in [0, 0.05) is 35.6 Å². The van der Waals surface area contributed by atoms with E-state index in [2.05, 4.69) is 10.6 Å². The molecule has 10 nitrogen and oxygen atoms in total. The predicted molar refractivity (Wildman–Crippen MR) is 178 cm³/mol. The summed E-state index contributed by atoms with van der Waals surface area (Å²) in [5.41, 5.74) is 22.2. The van der Waals surface area contributed by atoms with E-state index in [1.807, 2.05) is 54.3 Å². The Labute approximate surface area is 272 Å². The number of carbonyl (C=O) groups excluding carboxylic acids is 3. The van der Waals surface area contributed by atoms with Gasteiger partial charge in [-0.2, -0.15) is 0 Å². The molecule has 0 saturated carbocycles. The molecule has 240 valence electrons. The number of nitrogens with zero attached hydrogens (tertiary/aromatic N) is 1. The third-order valence-electron chi connectivity index (χ3n) is 9.93. The van der Waals surface area contributed by atoms with Crippen molar-refractivity contribution < 1.29 is 19.1 Å². The predicted octanol–water partition coefficient (Wildman–Crippen LogP) is 2.90. The molecule has 4 aliphatic rings. The fourth-order valence-corrected chi connectivity index (χ4v) is 9.11. The Morgan fingerprint density at radius 3 is 2.57 bits per heavy atom. The fraction of sp³-hybridized carbons (Fsp3) is 0.400. The van der Waals surface area contributed by atoms with E-state index >= 15 is 0 Å². The van der Waals surface area contributed by atoms with Crippen LogP contribution in [0.4, 0.5) is 5.69 Å². The lowest BCUT2D eigenvalue weighted by Gasteiger charge is -2.42. The Kier molecular flexibility index (Phi) is 8.04. The first-order valence-electron chi connectivity index (χ1n) is 16.0. The van der Waals surface area contributed by atoms with Gasteiger partial charge >= 0.3 is 0 Å². The number of thioether (sulfide) groups is 1. The zero-order chi connectivity index (χ0) is 32.2. The van der Waals surface area contributed by atoms with Crippen molar-refractivity contribution in [2.45, 2.75) is 72.3 Å². The number of hydrogen-bond acceptors (Lipinski definition) is 9. The van der Waals surface area contributed by atoms with E-state index in [1.54, 1.807) is 18.2 Å². The highest BCUT2D eigenvalue weighted by molar-refractivity contribution is 8.01. The molecule has 6 atom stereocenters. The van der Waals surface area contributed by atoms with Gasteiger partial charge in [-0.3, -0.25) is 14.4 Å². The number of para-hydroxylation sites is 1. The van der Waals surface area contributed by atoms with Gasteiger partial charge in [0.15, 0.2) is 5.78 Å². The van der Waals surface area contributed by atoms with Crippen molar-refractivity contribution in [3.8, 4) is 11.5 Å². The van der Waals surface area contributed by atoms with Crippen LogP contribution >= 0.6 is 11.8 Å². The van der Waals surface area contributed by atoms with Gasteiger partial charge in [0.25, 0.3) is 0 Å². The van der Waals surface area contributed by atoms with Gasteiger partial charge in [-0.15, -0.1) is 11.8 Å². The number of likely N-dealkylation sites (tertiary alicyclic amines) is 1. The lowest BCUT2D eigenvalue weighted by atomic mass is 9.64. The Balaban J connectivity index is 1.16. The molecule has 0 aromatic heterocycles. The van der Waals surface area contributed by atoms with Crippen LogP contribution in [0.1, 0.15) is 53.9 Å². The number of carbonyl (C=O) groups is 3. The molecule has 0 bridgehead atoms. The summed E-state index contributed by atoms with van der Waals surface area (Å²) in [6.45, 7) is 3.90. The van der Waals surface area contributed by atoms with E-state index in [1.165, 1.54) is 11.8 Å². The second-order valence-corrected chi connectivity index (χ2v) is 14.0. The molecule has 0 spiro atoms. The van der Waals surface area contributed by atoms with E-state index < -0.39 is 22.7 Å². The first-order chi connectivity index (χ1) is 22.2. The highest BCUT2D eigenvalue weighted by atomic mass is 32.2. The van der Waals surface area contributed by atoms with Crippen molar-refractivity contribution in [3.63, 3.8) is 0 Å². The van der Waals surface area contributed by atoms with Crippen LogP contribution in [0, 0.1) is 6.92 Å². The molecule has 3 heterocycles. The summed E-state index contributed by atoms with van der Waals surface area (Å²) in [7, 11) is 0. The lowest BCUT2D eigenvalue weighted by Crippen LogP contribution is -2.61. The van der Waals surface area contributed by atoms with Gasteiger partial charge in [0.2, 0.25) is 11.8 Å². The molecule has 1 aliphatic carbocycles. The molecule has 2 saturated heterocycles. The van der Waals surface area contributed by atoms with E-state index in [9.17, 15) is 14.4 Å². The van der Waals surface area contributed by atoms with Crippen LogP contribution in [-0.4, -0.2) is 65.5 Å². The number of benzene rings is 3. The Morgan fingerprint density at radius 1 is 1.04 bits per heavy atom. The zero-order valence-electron chi connectivity index (χ0n) is 25.8. The minimum absolute atomic E-state index is 0.102. The Morgan fingerprint density at radius 2 is 1.83 bits per heavy atom. The molecule has 2 amide bonds. The summed E-state index contributed by atoms with van der Waals surface area (Å²) in [5, 5.41) is 5.82. The molecular weight excluding hydrogens is 600 g/mol. The second-order valence-electron chi connectivity index (χ2n) is 12.9. The minimum atomic E-state index is -1.53. The molecule has 2 fully saturated rings. The molecule has 3 aliphatic heterocycles. The van der Waals surface area contributed by atoms with Gasteiger partial charge in [-0.25, -0.2) is 0 Å². The van der Waals surface area contributed by atoms with Crippen LogP contribution in [0.5, 0.6) is 11.5 Å². The van der Waals surface area contributed by atoms with Crippen LogP contribution in [0.2, 0.25) is 0 Å². The SMILES string of the molecule is Cc1cc(Oc2ccccc2)ccc1C1(N)C(=O)C(N)C2c3c1ccc(N)c3SC2C(=O)N[C@@H]1CCCN(C(=O)[C@@H]2CCCN2)C1. The number of ether oxygens (including phenoxy) is 1. The molecule has 3 aromatic carbocycles. The number of aryl methyl sites for hydroxylation is 1. The number of nitrogen functional groups attached to an aromatic ring is 1. The van der Waals surface area contributed by atoms with Gasteiger partial charge < -0.3 is 37.5 Å². The third-order valence-corrected chi connectivity index (χ3v) is 11.4. The second kappa shape index (κ2) is 12.0. The van der Waals surface area contributed by atoms with Crippen molar-refractivity contribution in [2.24, 2.45) is 11.5 Å². The number of anilines is 1. The summed E-state index contributed by atoms with van der Waals surface area (Å²) in [6.07, 6.45) is 3.42. The van der Waals surface area contributed by atoms with E-state index in [-0.39, 0.29) is 29.7 Å². The topological polar surface area (TPSA) is 166 Å². The van der Waals surface area contributed by atoms with Crippen LogP contribution in [0.15, 0.2) is 65.6 Å². The number of piperidine rings is 1. The average molecular weight is 641 g/mol. The van der Waals surface area contributed by atoms with Gasteiger partial charge in [-0.05, 0) is 91.7 Å². The molecular formula is C35H40N6O4S. The number of hydrogen-bond donors (Lipinski definition) is 5. The molecule has 11 heteroatoms. The third kappa shape index (κ3) is 5.15. The molecule has 7 rings (SSSR count). The van der Waals surface area contributed by atoms with E-state index in [0.29, 0.717) is 41.4 Å². The minimum Gasteiger partial charge on any atom is -0.457 e. The van der Waals surface area contributed by atoms with Crippen molar-refractivity contribution >= 4 is 35.0 Å². The molecule has 0 radical (unpaired) electrons. The van der Waals surface area contributed by atoms with Crippen LogP contribution in [0.25, 0.3) is 0 Å². The summed E-state index contributed by atoms with van der Waals surface area (Å²) in [4.78, 5) is 43.9. The Bertz CT molecular complexity index is 1700. The fourth-order valence-electron chi connectivity index (χ4n) is 7.66. The normalized spacial score (nSPS) is 28.5. The number of nitrogens with one attached hydrogen (secondary N) is 2. The first-order valence-corrected chi connectivity index (χ1v) is 16.9. The van der Waals surface area contributed by atoms with Gasteiger partial charge in [0.1, 0.15) is 17.0 Å². The van der Waals surface area contributed by atoms with Gasteiger partial charge in [0.05, 0.1) is 17.3 Å². The molecule has 8 N–H and O–H groups in total. The lowest BCUT2D eigenvalue weighted by molar-refractivity contribution is -0.135. The van der Waals surface area contributed by atoms with E-state index in [0.717, 1.165) is 48.3 Å². The van der Waals surface area contributed by atoms with Crippen LogP contribution < -0.4 is 32.6 Å². The summed E-state index contributed by atoms with van der Waals surface area (Å²) >= 11 is 1.35. The number of ketones is 1. The molecule has 3 aromatic rings. The summed E-state index contributed by atoms with van der Waals surface area (Å²) < 4.78 is 6.02. The van der Waals surface area contributed by atoms with Crippen LogP contribution in [-0.2, 0) is 19.9 Å². The summed E-state index contributed by atoms with van der Waals surface area (Å²) in [5.74, 6) is 0.282. The van der Waals surface area contributed by atoms with Crippen LogP contribution in [0.3, 0.4) is 0 Å². The maximum Gasteiger partial charge on any atom is 0.239 e.